The molecule has 2 atom stereocenters. The Morgan fingerprint density at radius 2 is 1.52 bits per heavy atom. The molecule has 0 saturated carbocycles. The Morgan fingerprint density at radius 3 is 2.23 bits per heavy atom. The van der Waals surface area contributed by atoms with Gasteiger partial charge in [-0.25, -0.2) is 4.79 Å². The number of aryl methyl sites for hydroxylation is 1. The standard InChI is InChI=1S/C31H22N2O7/c1-18-17-20(33(38)39)15-16-25(18)32-30(36)28(35)26(29-23-13-7-8-14-24(23)31(37)40-29)27(34)22-12-6-5-11-21(22)19-9-3-2-4-10-19/h2-17,26,29H,1H3,(H,32,36)/t26-,29+/m0/s1. The zero-order valence-corrected chi connectivity index (χ0v) is 21.2. The molecule has 1 amide bonds. The summed E-state index contributed by atoms with van der Waals surface area (Å²) in [6.07, 6.45) is -1.32. The third-order valence-electron chi connectivity index (χ3n) is 6.76. The second kappa shape index (κ2) is 10.7. The summed E-state index contributed by atoms with van der Waals surface area (Å²) in [6, 6.07) is 26.0. The van der Waals surface area contributed by atoms with E-state index in [0.29, 0.717) is 16.7 Å². The van der Waals surface area contributed by atoms with Gasteiger partial charge in [-0.2, -0.15) is 0 Å². The molecule has 40 heavy (non-hydrogen) atoms. The fraction of sp³-hybridized carbons (Fsp3) is 0.0968. The summed E-state index contributed by atoms with van der Waals surface area (Å²) >= 11 is 0. The normalized spacial score (nSPS) is 14.5. The van der Waals surface area contributed by atoms with Crippen LogP contribution in [-0.2, 0) is 14.3 Å². The van der Waals surface area contributed by atoms with Crippen LogP contribution in [0.5, 0.6) is 0 Å². The number of cyclic esters (lactones) is 1. The molecule has 4 aromatic carbocycles. The summed E-state index contributed by atoms with van der Waals surface area (Å²) in [6.45, 7) is 1.54. The molecule has 0 spiro atoms. The molecule has 198 valence electrons. The summed E-state index contributed by atoms with van der Waals surface area (Å²) in [7, 11) is 0. The Labute approximate surface area is 228 Å². The first kappa shape index (κ1) is 26.2. The molecule has 0 aromatic heterocycles. The SMILES string of the molecule is Cc1cc([N+](=O)[O-])ccc1NC(=O)C(=O)[C@H](C(=O)c1ccccc1-c1ccccc1)[C@@H]1OC(=O)c2ccccc21. The van der Waals surface area contributed by atoms with Gasteiger partial charge in [-0.1, -0.05) is 72.8 Å². The lowest BCUT2D eigenvalue weighted by Crippen LogP contribution is -2.38. The molecule has 1 N–H and O–H groups in total. The van der Waals surface area contributed by atoms with Gasteiger partial charge in [0, 0.05) is 28.9 Å². The van der Waals surface area contributed by atoms with E-state index in [1.54, 1.807) is 49.4 Å². The molecule has 0 saturated heterocycles. The quantitative estimate of drug-likeness (QED) is 0.0789. The Hall–Kier alpha value is -5.44. The van der Waals surface area contributed by atoms with Gasteiger partial charge in [0.25, 0.3) is 11.6 Å². The highest BCUT2D eigenvalue weighted by Crippen LogP contribution is 2.39. The van der Waals surface area contributed by atoms with Crippen molar-refractivity contribution in [3.8, 4) is 11.1 Å². The third-order valence-corrected chi connectivity index (χ3v) is 6.76. The molecule has 0 unspecified atom stereocenters. The van der Waals surface area contributed by atoms with Crippen LogP contribution in [0, 0.1) is 23.0 Å². The maximum atomic E-state index is 14.2. The number of anilines is 1. The zero-order valence-electron chi connectivity index (χ0n) is 21.2. The van der Waals surface area contributed by atoms with Crippen LogP contribution in [0.3, 0.4) is 0 Å². The lowest BCUT2D eigenvalue weighted by Gasteiger charge is -2.22. The first-order chi connectivity index (χ1) is 19.3. The summed E-state index contributed by atoms with van der Waals surface area (Å²) in [5.41, 5.74) is 2.35. The van der Waals surface area contributed by atoms with E-state index in [-0.39, 0.29) is 22.5 Å². The van der Waals surface area contributed by atoms with Gasteiger partial charge < -0.3 is 10.1 Å². The van der Waals surface area contributed by atoms with Gasteiger partial charge in [-0.05, 0) is 35.7 Å². The Balaban J connectivity index is 1.56. The number of nitro groups is 1. The number of fused-ring (bicyclic) bond motifs is 1. The van der Waals surface area contributed by atoms with Gasteiger partial charge in [-0.15, -0.1) is 0 Å². The van der Waals surface area contributed by atoms with E-state index in [0.717, 1.165) is 5.56 Å². The Morgan fingerprint density at radius 1 is 0.875 bits per heavy atom. The van der Waals surface area contributed by atoms with E-state index >= 15 is 0 Å². The van der Waals surface area contributed by atoms with Crippen molar-refractivity contribution in [1.29, 1.82) is 0 Å². The van der Waals surface area contributed by atoms with Crippen molar-refractivity contribution in [1.82, 2.24) is 0 Å². The number of carbonyl (C=O) groups excluding carboxylic acids is 4. The molecule has 1 heterocycles. The van der Waals surface area contributed by atoms with Crippen LogP contribution in [-0.4, -0.2) is 28.4 Å². The van der Waals surface area contributed by atoms with Gasteiger partial charge in [0.2, 0.25) is 5.78 Å². The van der Waals surface area contributed by atoms with Gasteiger partial charge in [0.15, 0.2) is 5.78 Å². The lowest BCUT2D eigenvalue weighted by atomic mass is 9.82. The van der Waals surface area contributed by atoms with Gasteiger partial charge >= 0.3 is 5.97 Å². The molecule has 0 aliphatic carbocycles. The van der Waals surface area contributed by atoms with E-state index in [4.69, 9.17) is 4.74 Å². The number of Topliss-reactive ketones (excluding diaryl/α,β-unsaturated/α-hetero) is 2. The first-order valence-electron chi connectivity index (χ1n) is 12.3. The smallest absolute Gasteiger partial charge is 0.339 e. The van der Waals surface area contributed by atoms with Crippen molar-refractivity contribution in [2.75, 3.05) is 5.32 Å². The number of hydrogen-bond acceptors (Lipinski definition) is 7. The molecular formula is C31H22N2O7. The number of carbonyl (C=O) groups is 4. The third kappa shape index (κ3) is 4.88. The van der Waals surface area contributed by atoms with E-state index < -0.39 is 40.4 Å². The van der Waals surface area contributed by atoms with Crippen LogP contribution in [0.25, 0.3) is 11.1 Å². The predicted octanol–water partition coefficient (Wildman–Crippen LogP) is 5.49. The Bertz CT molecular complexity index is 1680. The number of non-ortho nitro benzene ring substituents is 1. The average molecular weight is 535 g/mol. The minimum atomic E-state index is -1.68. The molecule has 0 radical (unpaired) electrons. The summed E-state index contributed by atoms with van der Waals surface area (Å²) in [4.78, 5) is 64.4. The summed E-state index contributed by atoms with van der Waals surface area (Å²) in [5.74, 6) is -5.30. The minimum absolute atomic E-state index is 0.170. The van der Waals surface area contributed by atoms with E-state index in [1.165, 1.54) is 24.3 Å². The minimum Gasteiger partial charge on any atom is -0.453 e. The van der Waals surface area contributed by atoms with Gasteiger partial charge in [0.05, 0.1) is 10.5 Å². The molecule has 9 nitrogen and oxygen atoms in total. The van der Waals surface area contributed by atoms with Crippen molar-refractivity contribution in [2.45, 2.75) is 13.0 Å². The molecule has 1 aliphatic rings. The zero-order chi connectivity index (χ0) is 28.4. The van der Waals surface area contributed by atoms with Crippen molar-refractivity contribution in [3.63, 3.8) is 0 Å². The second-order valence-electron chi connectivity index (χ2n) is 9.24. The van der Waals surface area contributed by atoms with Crippen molar-refractivity contribution in [2.24, 2.45) is 5.92 Å². The molecule has 4 aromatic rings. The molecule has 0 bridgehead atoms. The van der Waals surface area contributed by atoms with Crippen molar-refractivity contribution < 1.29 is 28.8 Å². The van der Waals surface area contributed by atoms with Crippen LogP contribution in [0.15, 0.2) is 97.1 Å². The number of ether oxygens (including phenoxy) is 1. The summed E-state index contributed by atoms with van der Waals surface area (Å²) in [5, 5.41) is 13.5. The highest BCUT2D eigenvalue weighted by Gasteiger charge is 2.46. The van der Waals surface area contributed by atoms with Crippen molar-refractivity contribution in [3.05, 3.63) is 129 Å². The van der Waals surface area contributed by atoms with Gasteiger partial charge in [0.1, 0.15) is 12.0 Å². The topological polar surface area (TPSA) is 133 Å². The number of nitrogens with zero attached hydrogens (tertiary/aromatic N) is 1. The molecule has 5 rings (SSSR count). The number of amides is 1. The first-order valence-corrected chi connectivity index (χ1v) is 12.3. The van der Waals surface area contributed by atoms with Crippen molar-refractivity contribution >= 4 is 34.8 Å². The average Bonchev–Trinajstić information content (AvgIpc) is 3.30. The highest BCUT2D eigenvalue weighted by atomic mass is 16.6. The number of nitrogens with one attached hydrogen (secondary N) is 1. The lowest BCUT2D eigenvalue weighted by molar-refractivity contribution is -0.384. The largest absolute Gasteiger partial charge is 0.453 e. The molecule has 0 fully saturated rings. The fourth-order valence-corrected chi connectivity index (χ4v) is 4.78. The number of rotatable bonds is 8. The number of esters is 1. The predicted molar refractivity (Wildman–Crippen MR) is 146 cm³/mol. The van der Waals surface area contributed by atoms with Crippen LogP contribution in [0.2, 0.25) is 0 Å². The highest BCUT2D eigenvalue weighted by molar-refractivity contribution is 6.45. The second-order valence-corrected chi connectivity index (χ2v) is 9.24. The fourth-order valence-electron chi connectivity index (χ4n) is 4.78. The number of ketones is 2. The van der Waals surface area contributed by atoms with Crippen LogP contribution < -0.4 is 5.32 Å². The van der Waals surface area contributed by atoms with E-state index in [9.17, 15) is 29.3 Å². The maximum Gasteiger partial charge on any atom is 0.339 e. The molecular weight excluding hydrogens is 512 g/mol. The number of nitro benzene ring substituents is 1. The van der Waals surface area contributed by atoms with Gasteiger partial charge in [-0.3, -0.25) is 24.5 Å². The van der Waals surface area contributed by atoms with Crippen LogP contribution in [0.1, 0.15) is 37.9 Å². The number of benzene rings is 4. The van der Waals surface area contributed by atoms with Crippen LogP contribution in [0.4, 0.5) is 11.4 Å². The van der Waals surface area contributed by atoms with Crippen LogP contribution >= 0.6 is 0 Å². The van der Waals surface area contributed by atoms with E-state index in [1.807, 2.05) is 30.3 Å². The maximum absolute atomic E-state index is 14.2. The molecule has 1 aliphatic heterocycles. The number of hydrogen-bond donors (Lipinski definition) is 1. The molecule has 9 heteroatoms. The monoisotopic (exact) mass is 534 g/mol. The van der Waals surface area contributed by atoms with E-state index in [2.05, 4.69) is 5.32 Å². The Kier molecular flexibility index (Phi) is 7.03. The summed E-state index contributed by atoms with van der Waals surface area (Å²) < 4.78 is 5.53.